The molecular formula is H24KMnO16S+. The van der Waals surface area contributed by atoms with Gasteiger partial charge in [-0.1, -0.05) is 0 Å². The van der Waals surface area contributed by atoms with E-state index in [4.69, 9.17) is 17.5 Å². The molecule has 0 saturated carbocycles. The van der Waals surface area contributed by atoms with Crippen LogP contribution in [0.3, 0.4) is 0 Å². The molecule has 16 nitrogen and oxygen atoms in total. The maximum atomic E-state index is 8.52. The molecule has 0 aliphatic carbocycles. The van der Waals surface area contributed by atoms with E-state index in [2.05, 4.69) is 0 Å². The van der Waals surface area contributed by atoms with Gasteiger partial charge in [-0.25, -0.2) is 0 Å². The molecule has 0 heterocycles. The van der Waals surface area contributed by atoms with Crippen LogP contribution in [0.1, 0.15) is 0 Å². The van der Waals surface area contributed by atoms with Gasteiger partial charge in [-0.2, -0.15) is 0 Å². The largest absolute Gasteiger partial charge is 2.00 e. The maximum Gasteiger partial charge on any atom is 2.00 e. The Hall–Kier alpha value is 1.55. The van der Waals surface area contributed by atoms with Crippen LogP contribution in [-0.4, -0.2) is 83.2 Å². The number of hydrogen-bond donors (Lipinski definition) is 0. The minimum absolute atomic E-state index is 0. The Labute approximate surface area is 160 Å². The standard InChI is InChI=1S/K.Mn.H2O4S.12H2O/c;;1-5(2,3)4;;;;;;;;;;;;/h;;(H2,1,2,3,4);12*1H2/q+1;+2;;;;;;;;;;;;;/p-2. The van der Waals surface area contributed by atoms with Crippen LogP contribution >= 0.6 is 0 Å². The predicted octanol–water partition coefficient (Wildman–Crippen LogP) is -14.2. The van der Waals surface area contributed by atoms with Crippen molar-refractivity contribution in [1.29, 1.82) is 0 Å². The van der Waals surface area contributed by atoms with Gasteiger partial charge in [0.2, 0.25) is 0 Å². The molecule has 0 saturated heterocycles. The van der Waals surface area contributed by atoms with Crippen LogP contribution in [-0.2, 0) is 27.5 Å². The first kappa shape index (κ1) is 255. The molecule has 0 spiro atoms. The van der Waals surface area contributed by atoms with Crippen molar-refractivity contribution in [1.82, 2.24) is 0 Å². The Morgan fingerprint density at radius 2 is 0.474 bits per heavy atom. The van der Waals surface area contributed by atoms with E-state index >= 15 is 0 Å². The van der Waals surface area contributed by atoms with Crippen molar-refractivity contribution in [2.24, 2.45) is 0 Å². The van der Waals surface area contributed by atoms with Crippen LogP contribution < -0.4 is 51.4 Å². The second-order valence-corrected chi connectivity index (χ2v) is 1.22. The van der Waals surface area contributed by atoms with Crippen LogP contribution in [0.25, 0.3) is 0 Å². The summed E-state index contributed by atoms with van der Waals surface area (Å²) in [4.78, 5) is 0. The molecule has 19 heavy (non-hydrogen) atoms. The first-order valence-corrected chi connectivity index (χ1v) is 2.00. The monoisotopic (exact) mass is 406 g/mol. The van der Waals surface area contributed by atoms with Crippen molar-refractivity contribution in [3.05, 3.63) is 0 Å². The van der Waals surface area contributed by atoms with Crippen molar-refractivity contribution >= 4 is 10.4 Å². The van der Waals surface area contributed by atoms with Gasteiger partial charge in [0, 0.05) is 10.4 Å². The van der Waals surface area contributed by atoms with Crippen molar-refractivity contribution in [3.63, 3.8) is 0 Å². The minimum atomic E-state index is -5.17. The number of rotatable bonds is 0. The van der Waals surface area contributed by atoms with E-state index in [0.29, 0.717) is 0 Å². The van der Waals surface area contributed by atoms with Gasteiger partial charge in [0.05, 0.1) is 0 Å². The molecule has 0 rings (SSSR count). The average Bonchev–Trinajstić information content (AvgIpc) is 0.722. The summed E-state index contributed by atoms with van der Waals surface area (Å²) >= 11 is 0. The first-order chi connectivity index (χ1) is 2.00. The maximum absolute atomic E-state index is 8.52. The normalized spacial score (nSPS) is 3.05. The fourth-order valence-electron chi connectivity index (χ4n) is 0. The summed E-state index contributed by atoms with van der Waals surface area (Å²) in [6, 6.07) is 0. The van der Waals surface area contributed by atoms with Gasteiger partial charge in [-0.05, 0) is 0 Å². The van der Waals surface area contributed by atoms with Crippen LogP contribution in [0.4, 0.5) is 0 Å². The quantitative estimate of drug-likeness (QED) is 0.214. The zero-order valence-corrected chi connectivity index (χ0v) is 14.5. The smallest absolute Gasteiger partial charge is 0.759 e. The Bertz CT molecular complexity index is 99.9. The molecule has 0 fully saturated rings. The zero-order valence-electron chi connectivity index (χ0n) is 9.42. The summed E-state index contributed by atoms with van der Waals surface area (Å²) in [7, 11) is -5.17. The molecule has 0 aromatic rings. The Morgan fingerprint density at radius 1 is 0.474 bits per heavy atom. The fourth-order valence-corrected chi connectivity index (χ4v) is 0. The Kier molecular flexibility index (Phi) is 1590. The van der Waals surface area contributed by atoms with Gasteiger partial charge in [0.15, 0.2) is 0 Å². The second kappa shape index (κ2) is 118. The molecule has 0 amide bonds. The van der Waals surface area contributed by atoms with Crippen LogP contribution in [0.5, 0.6) is 0 Å². The van der Waals surface area contributed by atoms with Crippen molar-refractivity contribution in [3.8, 4) is 0 Å². The van der Waals surface area contributed by atoms with Gasteiger partial charge in [0.25, 0.3) is 0 Å². The Morgan fingerprint density at radius 3 is 0.474 bits per heavy atom. The molecule has 0 atom stereocenters. The summed E-state index contributed by atoms with van der Waals surface area (Å²) in [5.41, 5.74) is 0. The van der Waals surface area contributed by atoms with Crippen LogP contribution in [0.15, 0.2) is 0 Å². The van der Waals surface area contributed by atoms with E-state index in [9.17, 15) is 0 Å². The molecule has 24 N–H and O–H groups in total. The van der Waals surface area contributed by atoms with Crippen molar-refractivity contribution in [2.45, 2.75) is 0 Å². The zero-order chi connectivity index (χ0) is 4.50. The van der Waals surface area contributed by atoms with Crippen LogP contribution in [0.2, 0.25) is 0 Å². The van der Waals surface area contributed by atoms with Gasteiger partial charge >= 0.3 is 68.5 Å². The van der Waals surface area contributed by atoms with Crippen molar-refractivity contribution in [2.75, 3.05) is 0 Å². The van der Waals surface area contributed by atoms with E-state index < -0.39 is 10.4 Å². The van der Waals surface area contributed by atoms with E-state index in [1.54, 1.807) is 0 Å². The molecule has 1 radical (unpaired) electrons. The molecule has 0 bridgehead atoms. The van der Waals surface area contributed by atoms with E-state index in [1.807, 2.05) is 0 Å². The Balaban J connectivity index is -0.000000000879. The average molecular weight is 406 g/mol. The molecule has 0 aliphatic heterocycles. The SMILES string of the molecule is O.O.O.O.O.O.O.O.O.O.O.O.O=S(=O)([O-])[O-].[K+].[Mn+2]. The molecule has 133 valence electrons. The second-order valence-electron chi connectivity index (χ2n) is 0.408. The third kappa shape index (κ3) is 2520. The summed E-state index contributed by atoms with van der Waals surface area (Å²) in [5.74, 6) is 0. The predicted molar refractivity (Wildman–Crippen MR) is 53.8 cm³/mol. The summed E-state index contributed by atoms with van der Waals surface area (Å²) < 4.78 is 34.1. The molecule has 0 unspecified atom stereocenters. The van der Waals surface area contributed by atoms with Gasteiger partial charge in [-0.15, -0.1) is 0 Å². The molecule has 0 aromatic carbocycles. The van der Waals surface area contributed by atoms with Crippen molar-refractivity contribution < 1.29 is 152 Å². The summed E-state index contributed by atoms with van der Waals surface area (Å²) in [5, 5.41) is 0. The summed E-state index contributed by atoms with van der Waals surface area (Å²) in [6.07, 6.45) is 0. The summed E-state index contributed by atoms with van der Waals surface area (Å²) in [6.45, 7) is 0. The van der Waals surface area contributed by atoms with Gasteiger partial charge in [-0.3, -0.25) is 8.42 Å². The van der Waals surface area contributed by atoms with E-state index in [1.165, 1.54) is 0 Å². The van der Waals surface area contributed by atoms with Gasteiger partial charge < -0.3 is 74.8 Å². The minimum Gasteiger partial charge on any atom is -0.759 e. The van der Waals surface area contributed by atoms with E-state index in [-0.39, 0.29) is 134 Å². The third-order valence-electron chi connectivity index (χ3n) is 0. The van der Waals surface area contributed by atoms with Gasteiger partial charge in [0.1, 0.15) is 0 Å². The molecule has 0 aromatic heterocycles. The number of hydrogen-bond acceptors (Lipinski definition) is 4. The third-order valence-corrected chi connectivity index (χ3v) is 0. The fraction of sp³-hybridized carbons (Fsp3) is 0. The topological polar surface area (TPSA) is 458 Å². The molecule has 0 aliphatic rings. The molecule has 19 heteroatoms. The van der Waals surface area contributed by atoms with Crippen LogP contribution in [0, 0.1) is 0 Å². The first-order valence-electron chi connectivity index (χ1n) is 0.667. The van der Waals surface area contributed by atoms with E-state index in [0.717, 1.165) is 0 Å². The molecular weight excluding hydrogens is 382 g/mol.